The lowest BCUT2D eigenvalue weighted by molar-refractivity contribution is 0.280. The average molecular weight is 277 g/mol. The summed E-state index contributed by atoms with van der Waals surface area (Å²) in [4.78, 5) is 0. The molecular formula is C17H31N3. The van der Waals surface area contributed by atoms with E-state index in [0.717, 1.165) is 24.9 Å². The molecule has 0 amide bonds. The zero-order chi connectivity index (χ0) is 14.4. The van der Waals surface area contributed by atoms with Crippen LogP contribution in [0.1, 0.15) is 64.3 Å². The number of aryl methyl sites for hydroxylation is 2. The number of nitrogens with zero attached hydrogens (tertiary/aromatic N) is 2. The van der Waals surface area contributed by atoms with Crippen molar-refractivity contribution in [1.82, 2.24) is 15.1 Å². The van der Waals surface area contributed by atoms with Crippen LogP contribution in [0.25, 0.3) is 0 Å². The highest BCUT2D eigenvalue weighted by Gasteiger charge is 2.22. The summed E-state index contributed by atoms with van der Waals surface area (Å²) in [5.41, 5.74) is 2.70. The van der Waals surface area contributed by atoms with Crippen molar-refractivity contribution in [2.75, 3.05) is 6.54 Å². The summed E-state index contributed by atoms with van der Waals surface area (Å²) in [5.74, 6) is 0.838. The van der Waals surface area contributed by atoms with Crippen molar-refractivity contribution in [2.45, 2.75) is 78.3 Å². The lowest BCUT2D eigenvalue weighted by Gasteiger charge is -2.30. The van der Waals surface area contributed by atoms with Crippen molar-refractivity contribution < 1.29 is 0 Å². The van der Waals surface area contributed by atoms with E-state index in [-0.39, 0.29) is 0 Å². The van der Waals surface area contributed by atoms with Crippen LogP contribution in [-0.4, -0.2) is 22.4 Å². The van der Waals surface area contributed by atoms with Gasteiger partial charge in [-0.2, -0.15) is 5.10 Å². The molecule has 1 saturated carbocycles. The van der Waals surface area contributed by atoms with E-state index in [9.17, 15) is 0 Å². The van der Waals surface area contributed by atoms with Crippen LogP contribution in [0.15, 0.2) is 6.07 Å². The fraction of sp³-hybridized carbons (Fsp3) is 0.824. The van der Waals surface area contributed by atoms with Gasteiger partial charge in [-0.3, -0.25) is 4.68 Å². The van der Waals surface area contributed by atoms with E-state index in [4.69, 9.17) is 0 Å². The highest BCUT2D eigenvalue weighted by atomic mass is 15.3. The van der Waals surface area contributed by atoms with Gasteiger partial charge in [0.25, 0.3) is 0 Å². The SMILES string of the molecule is CCCNC1CCCC(Cc2cc(CC)nn2CC)C1. The van der Waals surface area contributed by atoms with Crippen LogP contribution in [0.2, 0.25) is 0 Å². The lowest BCUT2D eigenvalue weighted by Crippen LogP contribution is -2.35. The molecule has 0 aliphatic heterocycles. The minimum absolute atomic E-state index is 0.748. The maximum atomic E-state index is 4.68. The number of nitrogens with one attached hydrogen (secondary N) is 1. The minimum atomic E-state index is 0.748. The van der Waals surface area contributed by atoms with E-state index < -0.39 is 0 Å². The van der Waals surface area contributed by atoms with Crippen molar-refractivity contribution in [3.05, 3.63) is 17.5 Å². The van der Waals surface area contributed by atoms with Gasteiger partial charge in [0.2, 0.25) is 0 Å². The van der Waals surface area contributed by atoms with Gasteiger partial charge in [0.15, 0.2) is 0 Å². The van der Waals surface area contributed by atoms with E-state index in [2.05, 4.69) is 41.9 Å². The highest BCUT2D eigenvalue weighted by Crippen LogP contribution is 2.27. The van der Waals surface area contributed by atoms with Gasteiger partial charge in [0, 0.05) is 18.3 Å². The van der Waals surface area contributed by atoms with E-state index >= 15 is 0 Å². The molecule has 20 heavy (non-hydrogen) atoms. The normalized spacial score (nSPS) is 23.1. The van der Waals surface area contributed by atoms with Crippen molar-refractivity contribution in [2.24, 2.45) is 5.92 Å². The Morgan fingerprint density at radius 3 is 2.85 bits per heavy atom. The molecule has 1 heterocycles. The van der Waals surface area contributed by atoms with E-state index in [1.807, 2.05) is 0 Å². The maximum absolute atomic E-state index is 4.68. The minimum Gasteiger partial charge on any atom is -0.314 e. The van der Waals surface area contributed by atoms with Crippen LogP contribution < -0.4 is 5.32 Å². The summed E-state index contributed by atoms with van der Waals surface area (Å²) in [7, 11) is 0. The van der Waals surface area contributed by atoms with Gasteiger partial charge in [0.05, 0.1) is 5.69 Å². The molecular weight excluding hydrogens is 246 g/mol. The third kappa shape index (κ3) is 4.08. The van der Waals surface area contributed by atoms with Crippen LogP contribution in [0.4, 0.5) is 0 Å². The Bertz CT molecular complexity index is 397. The molecule has 1 aliphatic carbocycles. The topological polar surface area (TPSA) is 29.9 Å². The predicted octanol–water partition coefficient (Wildman–Crippen LogP) is 3.57. The standard InChI is InChI=1S/C17H31N3/c1-4-10-18-16-9-7-8-14(11-16)12-17-13-15(5-2)19-20(17)6-3/h13-14,16,18H,4-12H2,1-3H3. The monoisotopic (exact) mass is 277 g/mol. The Kier molecular flexibility index (Phi) is 6.08. The summed E-state index contributed by atoms with van der Waals surface area (Å²) in [6, 6.07) is 3.07. The van der Waals surface area contributed by atoms with Gasteiger partial charge < -0.3 is 5.32 Å². The van der Waals surface area contributed by atoms with Gasteiger partial charge in [-0.25, -0.2) is 0 Å². The molecule has 3 heteroatoms. The molecule has 1 aliphatic rings. The van der Waals surface area contributed by atoms with Crippen molar-refractivity contribution in [3.8, 4) is 0 Å². The summed E-state index contributed by atoms with van der Waals surface area (Å²) >= 11 is 0. The smallest absolute Gasteiger partial charge is 0.0624 e. The summed E-state index contributed by atoms with van der Waals surface area (Å²) in [5, 5.41) is 8.39. The highest BCUT2D eigenvalue weighted by molar-refractivity contribution is 5.11. The predicted molar refractivity (Wildman–Crippen MR) is 85.0 cm³/mol. The van der Waals surface area contributed by atoms with Crippen LogP contribution >= 0.6 is 0 Å². The van der Waals surface area contributed by atoms with E-state index in [0.29, 0.717) is 0 Å². The Labute approximate surface area is 124 Å². The third-order valence-electron chi connectivity index (χ3n) is 4.54. The van der Waals surface area contributed by atoms with E-state index in [1.165, 1.54) is 56.5 Å². The first-order valence-corrected chi connectivity index (χ1v) is 8.55. The van der Waals surface area contributed by atoms with Gasteiger partial charge >= 0.3 is 0 Å². The Morgan fingerprint density at radius 2 is 2.15 bits per heavy atom. The first-order valence-electron chi connectivity index (χ1n) is 8.55. The molecule has 0 radical (unpaired) electrons. The van der Waals surface area contributed by atoms with Crippen molar-refractivity contribution >= 4 is 0 Å². The average Bonchev–Trinajstić information content (AvgIpc) is 2.87. The summed E-state index contributed by atoms with van der Waals surface area (Å²) < 4.78 is 2.21. The molecule has 1 fully saturated rings. The van der Waals surface area contributed by atoms with Crippen LogP contribution in [0.3, 0.4) is 0 Å². The van der Waals surface area contributed by atoms with Gasteiger partial charge in [0.1, 0.15) is 0 Å². The molecule has 2 unspecified atom stereocenters. The van der Waals surface area contributed by atoms with Crippen molar-refractivity contribution in [1.29, 1.82) is 0 Å². The third-order valence-corrected chi connectivity index (χ3v) is 4.54. The Morgan fingerprint density at radius 1 is 1.30 bits per heavy atom. The van der Waals surface area contributed by atoms with Gasteiger partial charge in [-0.15, -0.1) is 0 Å². The van der Waals surface area contributed by atoms with Crippen LogP contribution in [-0.2, 0) is 19.4 Å². The molecule has 0 saturated heterocycles. The number of aromatic nitrogens is 2. The first kappa shape index (κ1) is 15.6. The second-order valence-corrected chi connectivity index (χ2v) is 6.18. The van der Waals surface area contributed by atoms with Gasteiger partial charge in [-0.05, 0) is 64.0 Å². The largest absolute Gasteiger partial charge is 0.314 e. The number of rotatable bonds is 7. The molecule has 3 nitrogen and oxygen atoms in total. The van der Waals surface area contributed by atoms with Crippen LogP contribution in [0, 0.1) is 5.92 Å². The molecule has 114 valence electrons. The Hall–Kier alpha value is -0.830. The fourth-order valence-electron chi connectivity index (χ4n) is 3.43. The second-order valence-electron chi connectivity index (χ2n) is 6.18. The Balaban J connectivity index is 1.93. The summed E-state index contributed by atoms with van der Waals surface area (Å²) in [6.07, 6.45) is 8.98. The lowest BCUT2D eigenvalue weighted by atomic mass is 9.83. The molecule has 1 aromatic rings. The van der Waals surface area contributed by atoms with E-state index in [1.54, 1.807) is 0 Å². The molecule has 0 aromatic carbocycles. The molecule has 0 spiro atoms. The zero-order valence-corrected chi connectivity index (χ0v) is 13.5. The van der Waals surface area contributed by atoms with Gasteiger partial charge in [-0.1, -0.05) is 20.3 Å². The molecule has 1 aromatic heterocycles. The second kappa shape index (κ2) is 7.82. The molecule has 1 N–H and O–H groups in total. The quantitative estimate of drug-likeness (QED) is 0.826. The number of hydrogen-bond acceptors (Lipinski definition) is 2. The van der Waals surface area contributed by atoms with Crippen molar-refractivity contribution in [3.63, 3.8) is 0 Å². The maximum Gasteiger partial charge on any atom is 0.0624 e. The molecule has 0 bridgehead atoms. The van der Waals surface area contributed by atoms with Crippen LogP contribution in [0.5, 0.6) is 0 Å². The molecule has 2 rings (SSSR count). The number of hydrogen-bond donors (Lipinski definition) is 1. The fourth-order valence-corrected chi connectivity index (χ4v) is 3.43. The zero-order valence-electron chi connectivity index (χ0n) is 13.5. The summed E-state index contributed by atoms with van der Waals surface area (Å²) in [6.45, 7) is 8.81. The molecule has 2 atom stereocenters. The first-order chi connectivity index (χ1) is 9.76.